The van der Waals surface area contributed by atoms with E-state index < -0.39 is 5.82 Å². The smallest absolute Gasteiger partial charge is 0.207 e. The summed E-state index contributed by atoms with van der Waals surface area (Å²) in [4.78, 5) is 0. The Kier molecular flexibility index (Phi) is 5.25. The fourth-order valence-corrected chi connectivity index (χ4v) is 1.56. The van der Waals surface area contributed by atoms with E-state index in [0.717, 1.165) is 12.2 Å². The van der Waals surface area contributed by atoms with Crippen molar-refractivity contribution in [3.63, 3.8) is 0 Å². The highest BCUT2D eigenvalue weighted by Gasteiger charge is 2.15. The maximum atomic E-state index is 14.1. The molecule has 0 heterocycles. The first-order valence-corrected chi connectivity index (χ1v) is 6.34. The minimum Gasteiger partial charge on any atom is -0.488 e. The summed E-state index contributed by atoms with van der Waals surface area (Å²) in [6.45, 7) is 10.2. The van der Waals surface area contributed by atoms with Crippen molar-refractivity contribution in [2.45, 2.75) is 46.8 Å². The van der Waals surface area contributed by atoms with Crippen LogP contribution in [0.1, 0.15) is 34.6 Å². The van der Waals surface area contributed by atoms with Gasteiger partial charge in [-0.05, 0) is 34.6 Å². The van der Waals surface area contributed by atoms with Gasteiger partial charge in [0.25, 0.3) is 0 Å². The molecule has 1 N–H and O–H groups in total. The Hall–Kier alpha value is -1.45. The Bertz CT molecular complexity index is 360. The molecule has 0 aliphatic carbocycles. The summed E-state index contributed by atoms with van der Waals surface area (Å²) in [5.41, 5.74) is 0.796. The number of hydrogen-bond donors (Lipinski definition) is 1. The standard InChI is InChI=1S/C14H22FNO2/c1-6-16-11-7-12(17-9(2)3)14(15)13(8-11)18-10(4)5/h7-10,16H,6H2,1-5H3. The van der Waals surface area contributed by atoms with E-state index >= 15 is 0 Å². The average molecular weight is 255 g/mol. The van der Waals surface area contributed by atoms with E-state index in [-0.39, 0.29) is 23.7 Å². The van der Waals surface area contributed by atoms with E-state index in [4.69, 9.17) is 9.47 Å². The second-order valence-corrected chi connectivity index (χ2v) is 4.65. The second kappa shape index (κ2) is 6.47. The minimum atomic E-state index is -0.445. The molecule has 0 atom stereocenters. The van der Waals surface area contributed by atoms with Crippen LogP contribution < -0.4 is 14.8 Å². The molecule has 0 aliphatic heterocycles. The number of ether oxygens (including phenoxy) is 2. The van der Waals surface area contributed by atoms with Crippen LogP contribution in [0.2, 0.25) is 0 Å². The minimum absolute atomic E-state index is 0.0803. The number of rotatable bonds is 6. The van der Waals surface area contributed by atoms with E-state index in [0.29, 0.717) is 0 Å². The van der Waals surface area contributed by atoms with Crippen molar-refractivity contribution in [3.8, 4) is 11.5 Å². The summed E-state index contributed by atoms with van der Waals surface area (Å²) >= 11 is 0. The van der Waals surface area contributed by atoms with Gasteiger partial charge in [0.05, 0.1) is 12.2 Å². The monoisotopic (exact) mass is 255 g/mol. The lowest BCUT2D eigenvalue weighted by Gasteiger charge is -2.17. The van der Waals surface area contributed by atoms with Gasteiger partial charge in [0.15, 0.2) is 11.5 Å². The van der Waals surface area contributed by atoms with Gasteiger partial charge < -0.3 is 14.8 Å². The molecule has 0 saturated carbocycles. The van der Waals surface area contributed by atoms with Crippen LogP contribution >= 0.6 is 0 Å². The summed E-state index contributed by atoms with van der Waals surface area (Å²) in [5, 5.41) is 3.14. The second-order valence-electron chi connectivity index (χ2n) is 4.65. The normalized spacial score (nSPS) is 10.9. The number of nitrogens with one attached hydrogen (secondary N) is 1. The third-order valence-electron chi connectivity index (χ3n) is 2.11. The Morgan fingerprint density at radius 1 is 1.06 bits per heavy atom. The topological polar surface area (TPSA) is 30.5 Å². The van der Waals surface area contributed by atoms with Gasteiger partial charge in [-0.25, -0.2) is 0 Å². The number of hydrogen-bond acceptors (Lipinski definition) is 3. The van der Waals surface area contributed by atoms with Gasteiger partial charge in [-0.2, -0.15) is 4.39 Å². The number of halogens is 1. The van der Waals surface area contributed by atoms with Crippen molar-refractivity contribution in [3.05, 3.63) is 17.9 Å². The van der Waals surface area contributed by atoms with Gasteiger partial charge in [-0.3, -0.25) is 0 Å². The Morgan fingerprint density at radius 3 is 1.83 bits per heavy atom. The molecular formula is C14H22FNO2. The first kappa shape index (κ1) is 14.6. The molecule has 0 fully saturated rings. The lowest BCUT2D eigenvalue weighted by atomic mass is 10.2. The zero-order valence-electron chi connectivity index (χ0n) is 11.7. The van der Waals surface area contributed by atoms with Gasteiger partial charge in [0, 0.05) is 24.4 Å². The van der Waals surface area contributed by atoms with E-state index in [1.807, 2.05) is 34.6 Å². The van der Waals surface area contributed by atoms with Crippen molar-refractivity contribution >= 4 is 5.69 Å². The summed E-state index contributed by atoms with van der Waals surface area (Å²) < 4.78 is 25.1. The lowest BCUT2D eigenvalue weighted by Crippen LogP contribution is -2.11. The number of benzene rings is 1. The molecule has 1 aromatic carbocycles. The molecule has 18 heavy (non-hydrogen) atoms. The number of anilines is 1. The summed E-state index contributed by atoms with van der Waals surface area (Å²) in [5.74, 6) is -0.00254. The SMILES string of the molecule is CCNc1cc(OC(C)C)c(F)c(OC(C)C)c1. The quantitative estimate of drug-likeness (QED) is 0.838. The molecule has 0 bridgehead atoms. The van der Waals surface area contributed by atoms with Gasteiger partial charge in [0.2, 0.25) is 5.82 Å². The molecule has 102 valence electrons. The predicted molar refractivity (Wildman–Crippen MR) is 72.1 cm³/mol. The first-order chi connectivity index (χ1) is 8.43. The largest absolute Gasteiger partial charge is 0.488 e. The summed E-state index contributed by atoms with van der Waals surface area (Å²) in [6, 6.07) is 3.32. The van der Waals surface area contributed by atoms with Crippen LogP contribution in [0.15, 0.2) is 12.1 Å². The molecule has 0 aromatic heterocycles. The zero-order chi connectivity index (χ0) is 13.7. The predicted octanol–water partition coefficient (Wildman–Crippen LogP) is 3.83. The Labute approximate surface area is 108 Å². The first-order valence-electron chi connectivity index (χ1n) is 6.34. The van der Waals surface area contributed by atoms with Crippen LogP contribution in [-0.4, -0.2) is 18.8 Å². The van der Waals surface area contributed by atoms with Crippen LogP contribution in [0.4, 0.5) is 10.1 Å². The molecule has 0 aliphatic rings. The maximum Gasteiger partial charge on any atom is 0.207 e. The van der Waals surface area contributed by atoms with Gasteiger partial charge >= 0.3 is 0 Å². The average Bonchev–Trinajstić information content (AvgIpc) is 2.23. The molecule has 0 amide bonds. The van der Waals surface area contributed by atoms with Crippen LogP contribution in [0, 0.1) is 5.82 Å². The van der Waals surface area contributed by atoms with Crippen LogP contribution in [0.5, 0.6) is 11.5 Å². The Balaban J connectivity index is 3.10. The molecule has 1 rings (SSSR count). The lowest BCUT2D eigenvalue weighted by molar-refractivity contribution is 0.209. The van der Waals surface area contributed by atoms with Crippen molar-refractivity contribution in [1.82, 2.24) is 0 Å². The van der Waals surface area contributed by atoms with Crippen LogP contribution in [0.3, 0.4) is 0 Å². The van der Waals surface area contributed by atoms with E-state index in [1.165, 1.54) is 0 Å². The molecule has 0 unspecified atom stereocenters. The maximum absolute atomic E-state index is 14.1. The van der Waals surface area contributed by atoms with Gasteiger partial charge in [-0.1, -0.05) is 0 Å². The zero-order valence-corrected chi connectivity index (χ0v) is 11.7. The molecule has 0 radical (unpaired) electrons. The van der Waals surface area contributed by atoms with Crippen LogP contribution in [-0.2, 0) is 0 Å². The van der Waals surface area contributed by atoms with Crippen LogP contribution in [0.25, 0.3) is 0 Å². The fraction of sp³-hybridized carbons (Fsp3) is 0.571. The van der Waals surface area contributed by atoms with Gasteiger partial charge in [-0.15, -0.1) is 0 Å². The molecule has 3 nitrogen and oxygen atoms in total. The highest BCUT2D eigenvalue weighted by atomic mass is 19.1. The highest BCUT2D eigenvalue weighted by molar-refractivity contribution is 5.54. The fourth-order valence-electron chi connectivity index (χ4n) is 1.56. The molecule has 4 heteroatoms. The molecule has 0 spiro atoms. The van der Waals surface area contributed by atoms with E-state index in [1.54, 1.807) is 12.1 Å². The third kappa shape index (κ3) is 4.09. The van der Waals surface area contributed by atoms with Crippen molar-refractivity contribution in [1.29, 1.82) is 0 Å². The van der Waals surface area contributed by atoms with Crippen molar-refractivity contribution < 1.29 is 13.9 Å². The van der Waals surface area contributed by atoms with Crippen molar-refractivity contribution in [2.75, 3.05) is 11.9 Å². The third-order valence-corrected chi connectivity index (χ3v) is 2.11. The van der Waals surface area contributed by atoms with Gasteiger partial charge in [0.1, 0.15) is 0 Å². The molecule has 1 aromatic rings. The molecule has 0 saturated heterocycles. The summed E-state index contributed by atoms with van der Waals surface area (Å²) in [7, 11) is 0. The molecular weight excluding hydrogens is 233 g/mol. The van der Waals surface area contributed by atoms with E-state index in [2.05, 4.69) is 5.32 Å². The summed E-state index contributed by atoms with van der Waals surface area (Å²) in [6.07, 6.45) is -0.161. The Morgan fingerprint density at radius 2 is 1.50 bits per heavy atom. The highest BCUT2D eigenvalue weighted by Crippen LogP contribution is 2.32. The van der Waals surface area contributed by atoms with Crippen molar-refractivity contribution in [2.24, 2.45) is 0 Å². The van der Waals surface area contributed by atoms with E-state index in [9.17, 15) is 4.39 Å².